The first-order valence-electron chi connectivity index (χ1n) is 6.63. The van der Waals surface area contributed by atoms with Crippen LogP contribution < -0.4 is 0 Å². The van der Waals surface area contributed by atoms with E-state index in [4.69, 9.17) is 0 Å². The number of carbonyl (C=O) groups excluding carboxylic acids is 2. The zero-order valence-corrected chi connectivity index (χ0v) is 12.2. The molecule has 1 aromatic heterocycles. The van der Waals surface area contributed by atoms with Crippen molar-refractivity contribution in [3.05, 3.63) is 47.3 Å². The number of methoxy groups -OCH3 is 1. The molecular formula is C15H17N3O3. The van der Waals surface area contributed by atoms with Gasteiger partial charge in [0.2, 0.25) is 0 Å². The third-order valence-corrected chi connectivity index (χ3v) is 3.14. The Balaban J connectivity index is 2.07. The fraction of sp³-hybridized carbons (Fsp3) is 0.333. The molecule has 0 unspecified atom stereocenters. The summed E-state index contributed by atoms with van der Waals surface area (Å²) in [5, 5.41) is 7.40. The minimum Gasteiger partial charge on any atom is -0.464 e. The fourth-order valence-corrected chi connectivity index (χ4v) is 1.87. The van der Waals surface area contributed by atoms with Crippen LogP contribution in [0.4, 0.5) is 0 Å². The third kappa shape index (κ3) is 3.53. The lowest BCUT2D eigenvalue weighted by molar-refractivity contribution is 0.0593. The molecule has 110 valence electrons. The van der Waals surface area contributed by atoms with Crippen LogP contribution in [0.15, 0.2) is 30.5 Å². The van der Waals surface area contributed by atoms with Crippen LogP contribution in [-0.2, 0) is 11.3 Å². The molecule has 6 heteroatoms. The van der Waals surface area contributed by atoms with E-state index < -0.39 is 5.97 Å². The number of aromatic nitrogens is 3. The second-order valence-corrected chi connectivity index (χ2v) is 4.99. The number of nitrogens with zero attached hydrogens (tertiary/aromatic N) is 3. The summed E-state index contributed by atoms with van der Waals surface area (Å²) in [4.78, 5) is 23.4. The first-order valence-corrected chi connectivity index (χ1v) is 6.63. The van der Waals surface area contributed by atoms with Gasteiger partial charge < -0.3 is 4.74 Å². The van der Waals surface area contributed by atoms with Crippen molar-refractivity contribution in [2.24, 2.45) is 0 Å². The van der Waals surface area contributed by atoms with Crippen molar-refractivity contribution in [3.63, 3.8) is 0 Å². The Morgan fingerprint density at radius 1 is 1.24 bits per heavy atom. The molecule has 0 saturated heterocycles. The van der Waals surface area contributed by atoms with Crippen LogP contribution in [0, 0.1) is 0 Å². The molecule has 0 amide bonds. The van der Waals surface area contributed by atoms with E-state index in [1.54, 1.807) is 12.1 Å². The van der Waals surface area contributed by atoms with Crippen molar-refractivity contribution < 1.29 is 14.3 Å². The molecule has 0 atom stereocenters. The molecule has 1 aromatic carbocycles. The van der Waals surface area contributed by atoms with Gasteiger partial charge in [-0.1, -0.05) is 43.3 Å². The normalized spacial score (nSPS) is 10.7. The highest BCUT2D eigenvalue weighted by Crippen LogP contribution is 2.15. The van der Waals surface area contributed by atoms with E-state index in [9.17, 15) is 9.59 Å². The minimum atomic E-state index is -0.574. The second-order valence-electron chi connectivity index (χ2n) is 4.99. The molecule has 0 aliphatic heterocycles. The zero-order chi connectivity index (χ0) is 15.4. The molecule has 0 fully saturated rings. The highest BCUT2D eigenvalue weighted by atomic mass is 16.5. The summed E-state index contributed by atoms with van der Waals surface area (Å²) in [6.45, 7) is 4.23. The molecule has 0 radical (unpaired) electrons. The van der Waals surface area contributed by atoms with Crippen molar-refractivity contribution in [2.75, 3.05) is 7.11 Å². The maximum atomic E-state index is 12.1. The van der Waals surface area contributed by atoms with Gasteiger partial charge in [0.05, 0.1) is 13.3 Å². The Hall–Kier alpha value is -2.50. The predicted octanol–water partition coefficient (Wildman–Crippen LogP) is 2.07. The van der Waals surface area contributed by atoms with Gasteiger partial charge in [0.1, 0.15) is 6.54 Å². The monoisotopic (exact) mass is 287 g/mol. The Bertz CT molecular complexity index is 644. The zero-order valence-electron chi connectivity index (χ0n) is 12.2. The SMILES string of the molecule is COC(=O)c1cn(CC(=O)c2ccc(C(C)C)cc2)nn1. The summed E-state index contributed by atoms with van der Waals surface area (Å²) >= 11 is 0. The van der Waals surface area contributed by atoms with Crippen LogP contribution >= 0.6 is 0 Å². The number of Topliss-reactive ketones (excluding diaryl/α,β-unsaturated/α-hetero) is 1. The molecule has 0 aliphatic carbocycles. The lowest BCUT2D eigenvalue weighted by atomic mass is 10.0. The number of ether oxygens (including phenoxy) is 1. The van der Waals surface area contributed by atoms with Gasteiger partial charge in [0, 0.05) is 5.56 Å². The van der Waals surface area contributed by atoms with Gasteiger partial charge in [-0.25, -0.2) is 9.48 Å². The number of esters is 1. The van der Waals surface area contributed by atoms with Crippen LogP contribution in [-0.4, -0.2) is 33.9 Å². The predicted molar refractivity (Wildman–Crippen MR) is 76.2 cm³/mol. The smallest absolute Gasteiger partial charge is 0.360 e. The lowest BCUT2D eigenvalue weighted by Crippen LogP contribution is -2.11. The van der Waals surface area contributed by atoms with Gasteiger partial charge in [-0.05, 0) is 11.5 Å². The molecule has 0 bridgehead atoms. The highest BCUT2D eigenvalue weighted by molar-refractivity contribution is 5.96. The van der Waals surface area contributed by atoms with Crippen molar-refractivity contribution in [2.45, 2.75) is 26.3 Å². The molecule has 0 spiro atoms. The molecular weight excluding hydrogens is 270 g/mol. The number of rotatable bonds is 5. The minimum absolute atomic E-state index is 0.0328. The van der Waals surface area contributed by atoms with E-state index in [1.165, 1.54) is 23.6 Å². The van der Waals surface area contributed by atoms with Gasteiger partial charge in [0.25, 0.3) is 0 Å². The largest absolute Gasteiger partial charge is 0.464 e. The topological polar surface area (TPSA) is 74.1 Å². The van der Waals surface area contributed by atoms with E-state index in [0.717, 1.165) is 0 Å². The Morgan fingerprint density at radius 2 is 1.90 bits per heavy atom. The van der Waals surface area contributed by atoms with Crippen molar-refractivity contribution in [3.8, 4) is 0 Å². The van der Waals surface area contributed by atoms with E-state index in [1.807, 2.05) is 12.1 Å². The molecule has 2 rings (SSSR count). The van der Waals surface area contributed by atoms with E-state index in [-0.39, 0.29) is 18.0 Å². The number of benzene rings is 1. The number of hydrogen-bond acceptors (Lipinski definition) is 5. The highest BCUT2D eigenvalue weighted by Gasteiger charge is 2.13. The molecule has 0 N–H and O–H groups in total. The standard InChI is InChI=1S/C15H17N3O3/c1-10(2)11-4-6-12(7-5-11)14(19)9-18-8-13(16-17-18)15(20)21-3/h4-8,10H,9H2,1-3H3. The molecule has 0 saturated carbocycles. The van der Waals surface area contributed by atoms with E-state index in [2.05, 4.69) is 28.9 Å². The van der Waals surface area contributed by atoms with Crippen LogP contribution in [0.1, 0.15) is 46.2 Å². The van der Waals surface area contributed by atoms with Gasteiger partial charge in [-0.3, -0.25) is 4.79 Å². The Kier molecular flexibility index (Phi) is 4.47. The molecule has 6 nitrogen and oxygen atoms in total. The average Bonchev–Trinajstić information content (AvgIpc) is 2.95. The van der Waals surface area contributed by atoms with Crippen molar-refractivity contribution in [1.82, 2.24) is 15.0 Å². The van der Waals surface area contributed by atoms with E-state index in [0.29, 0.717) is 11.5 Å². The summed E-state index contributed by atoms with van der Waals surface area (Å²) in [6, 6.07) is 7.49. The van der Waals surface area contributed by atoms with Crippen molar-refractivity contribution >= 4 is 11.8 Å². The van der Waals surface area contributed by atoms with Crippen LogP contribution in [0.25, 0.3) is 0 Å². The first-order chi connectivity index (χ1) is 10.0. The molecule has 21 heavy (non-hydrogen) atoms. The molecule has 0 aliphatic rings. The van der Waals surface area contributed by atoms with Gasteiger partial charge in [-0.15, -0.1) is 5.10 Å². The fourth-order valence-electron chi connectivity index (χ4n) is 1.87. The summed E-state index contributed by atoms with van der Waals surface area (Å²) in [5.41, 5.74) is 1.87. The van der Waals surface area contributed by atoms with Gasteiger partial charge in [-0.2, -0.15) is 0 Å². The Morgan fingerprint density at radius 3 is 2.48 bits per heavy atom. The van der Waals surface area contributed by atoms with Crippen LogP contribution in [0.3, 0.4) is 0 Å². The lowest BCUT2D eigenvalue weighted by Gasteiger charge is -2.06. The summed E-state index contributed by atoms with van der Waals surface area (Å²) in [7, 11) is 1.27. The summed E-state index contributed by atoms with van der Waals surface area (Å²) in [5.74, 6) is -0.242. The Labute approximate surface area is 122 Å². The average molecular weight is 287 g/mol. The summed E-state index contributed by atoms with van der Waals surface area (Å²) < 4.78 is 5.86. The van der Waals surface area contributed by atoms with Crippen LogP contribution in [0.5, 0.6) is 0 Å². The molecule has 1 heterocycles. The van der Waals surface area contributed by atoms with Gasteiger partial charge >= 0.3 is 5.97 Å². The van der Waals surface area contributed by atoms with Crippen LogP contribution in [0.2, 0.25) is 0 Å². The van der Waals surface area contributed by atoms with Crippen molar-refractivity contribution in [1.29, 1.82) is 0 Å². The quantitative estimate of drug-likeness (QED) is 0.621. The first kappa shape index (κ1) is 14.9. The maximum absolute atomic E-state index is 12.1. The second kappa shape index (κ2) is 6.30. The van der Waals surface area contributed by atoms with Gasteiger partial charge in [0.15, 0.2) is 11.5 Å². The number of hydrogen-bond donors (Lipinski definition) is 0. The summed E-state index contributed by atoms with van der Waals surface area (Å²) in [6.07, 6.45) is 1.40. The molecule has 2 aromatic rings. The number of carbonyl (C=O) groups is 2. The number of ketones is 1. The van der Waals surface area contributed by atoms with E-state index >= 15 is 0 Å². The third-order valence-electron chi connectivity index (χ3n) is 3.14. The maximum Gasteiger partial charge on any atom is 0.360 e.